The summed E-state index contributed by atoms with van der Waals surface area (Å²) < 4.78 is 4.93. The fourth-order valence-electron chi connectivity index (χ4n) is 7.03. The molecule has 7 atom stereocenters. The third-order valence-corrected chi connectivity index (χ3v) is 10.8. The largest absolute Gasteiger partial charge is 0.465 e. The van der Waals surface area contributed by atoms with E-state index in [9.17, 15) is 19.5 Å². The van der Waals surface area contributed by atoms with Gasteiger partial charge in [-0.25, -0.2) is 0 Å². The smallest absolute Gasteiger partial charge is 0.310 e. The molecule has 3 aliphatic heterocycles. The number of rotatable bonds is 12. The molecule has 1 aromatic carbocycles. The van der Waals surface area contributed by atoms with Crippen LogP contribution >= 0.6 is 11.8 Å². The zero-order valence-electron chi connectivity index (χ0n) is 23.6. The van der Waals surface area contributed by atoms with Gasteiger partial charge in [0.2, 0.25) is 5.91 Å². The molecule has 4 rings (SSSR count). The average Bonchev–Trinajstić information content (AvgIpc) is 3.50. The lowest BCUT2D eigenvalue weighted by molar-refractivity contribution is -0.155. The topological polar surface area (TPSA) is 87.1 Å². The lowest BCUT2D eigenvalue weighted by atomic mass is 9.66. The Bertz CT molecular complexity index is 1120. The number of carbonyl (C=O) groups is 3. The van der Waals surface area contributed by atoms with Crippen LogP contribution in [0.15, 0.2) is 43.5 Å². The zero-order valence-corrected chi connectivity index (χ0v) is 24.4. The fraction of sp³-hybridized carbons (Fsp3) is 0.581. The molecule has 1 aromatic rings. The number of likely N-dealkylation sites (tertiary alicyclic amines) is 1. The number of ether oxygens (including phenoxy) is 1. The number of carbonyl (C=O) groups excluding carboxylic acids is 3. The van der Waals surface area contributed by atoms with Crippen molar-refractivity contribution in [2.24, 2.45) is 17.8 Å². The Morgan fingerprint density at radius 2 is 1.95 bits per heavy atom. The number of nitrogens with zero attached hydrogens (tertiary/aromatic N) is 2. The SMILES string of the molecule is C=CCCCCOC(=O)[C@@H]1[C@H]2C(=O)N([C@H](C)CO)C(C(=O)N(CC=C)c3c(C)cccc3C)C23S[C@@H]1CC3C. The molecule has 2 amide bonds. The molecule has 0 aromatic heterocycles. The number of amides is 2. The second-order valence-corrected chi connectivity index (χ2v) is 12.8. The second-order valence-electron chi connectivity index (χ2n) is 11.3. The highest BCUT2D eigenvalue weighted by molar-refractivity contribution is 8.02. The van der Waals surface area contributed by atoms with Gasteiger partial charge in [0.15, 0.2) is 0 Å². The highest BCUT2D eigenvalue weighted by Crippen LogP contribution is 2.69. The van der Waals surface area contributed by atoms with Crippen molar-refractivity contribution in [3.63, 3.8) is 0 Å². The predicted molar refractivity (Wildman–Crippen MR) is 156 cm³/mol. The van der Waals surface area contributed by atoms with Crippen molar-refractivity contribution in [2.45, 2.75) is 75.5 Å². The summed E-state index contributed by atoms with van der Waals surface area (Å²) in [5, 5.41) is 10.1. The zero-order chi connectivity index (χ0) is 28.5. The Kier molecular flexibility index (Phi) is 8.96. The van der Waals surface area contributed by atoms with E-state index < -0.39 is 28.7 Å². The molecule has 3 saturated heterocycles. The minimum Gasteiger partial charge on any atom is -0.465 e. The number of aliphatic hydroxyl groups is 1. The number of allylic oxidation sites excluding steroid dienone is 1. The number of anilines is 1. The summed E-state index contributed by atoms with van der Waals surface area (Å²) in [7, 11) is 0. The van der Waals surface area contributed by atoms with E-state index in [2.05, 4.69) is 20.1 Å². The van der Waals surface area contributed by atoms with Gasteiger partial charge in [-0.1, -0.05) is 37.3 Å². The highest BCUT2D eigenvalue weighted by Gasteiger charge is 2.77. The van der Waals surface area contributed by atoms with Crippen molar-refractivity contribution < 1.29 is 24.2 Å². The molecule has 0 aliphatic carbocycles. The first-order chi connectivity index (χ1) is 18.6. The van der Waals surface area contributed by atoms with Gasteiger partial charge in [0, 0.05) is 17.5 Å². The van der Waals surface area contributed by atoms with Crippen LogP contribution in [0.2, 0.25) is 0 Å². The van der Waals surface area contributed by atoms with Crippen LogP contribution in [0.25, 0.3) is 0 Å². The first-order valence-corrected chi connectivity index (χ1v) is 14.9. The van der Waals surface area contributed by atoms with Gasteiger partial charge in [0.05, 0.1) is 35.8 Å². The van der Waals surface area contributed by atoms with Crippen LogP contribution in [0.5, 0.6) is 0 Å². The lowest BCUT2D eigenvalue weighted by Crippen LogP contribution is -2.59. The third kappa shape index (κ3) is 4.84. The number of para-hydroxylation sites is 1. The summed E-state index contributed by atoms with van der Waals surface area (Å²) in [6.07, 6.45) is 6.77. The van der Waals surface area contributed by atoms with Crippen LogP contribution in [-0.2, 0) is 19.1 Å². The average molecular weight is 555 g/mol. The van der Waals surface area contributed by atoms with Crippen molar-refractivity contribution >= 4 is 35.2 Å². The molecule has 3 unspecified atom stereocenters. The summed E-state index contributed by atoms with van der Waals surface area (Å²) in [4.78, 5) is 45.7. The summed E-state index contributed by atoms with van der Waals surface area (Å²) in [6, 6.07) is 4.52. The van der Waals surface area contributed by atoms with E-state index in [0.29, 0.717) is 6.61 Å². The van der Waals surface area contributed by atoms with Crippen LogP contribution in [0.4, 0.5) is 5.69 Å². The van der Waals surface area contributed by atoms with E-state index in [1.807, 2.05) is 38.1 Å². The van der Waals surface area contributed by atoms with Crippen molar-refractivity contribution in [3.8, 4) is 0 Å². The molecule has 0 saturated carbocycles. The van der Waals surface area contributed by atoms with Gasteiger partial charge in [0.25, 0.3) is 5.91 Å². The predicted octanol–water partition coefficient (Wildman–Crippen LogP) is 4.44. The van der Waals surface area contributed by atoms with Crippen LogP contribution < -0.4 is 4.90 Å². The molecule has 3 heterocycles. The van der Waals surface area contributed by atoms with Crippen LogP contribution in [0.1, 0.15) is 50.7 Å². The number of fused-ring (bicyclic) bond motifs is 1. The number of esters is 1. The molecule has 1 N–H and O–H groups in total. The van der Waals surface area contributed by atoms with E-state index in [4.69, 9.17) is 4.74 Å². The van der Waals surface area contributed by atoms with Crippen molar-refractivity contribution in [1.82, 2.24) is 4.90 Å². The summed E-state index contributed by atoms with van der Waals surface area (Å²) in [6.45, 7) is 15.8. The molecule has 3 aliphatic rings. The van der Waals surface area contributed by atoms with Gasteiger partial charge in [-0.2, -0.15) is 0 Å². The minimum atomic E-state index is -0.813. The standard InChI is InChI=1S/C31H42N2O5S/c1-7-9-10-11-16-38-30(37)24-23-17-21(5)31(39-23)25(24)28(35)33(22(6)18-34)27(31)29(36)32(15-8-2)26-19(3)13-12-14-20(26)4/h7-8,12-14,21-25,27,34H,1-2,9-11,15-18H2,3-6H3/t21?,22-,23-,24+,25+,27?,31?/m1/s1. The Morgan fingerprint density at radius 1 is 1.26 bits per heavy atom. The van der Waals surface area contributed by atoms with Crippen molar-refractivity contribution in [3.05, 3.63) is 54.6 Å². The second kappa shape index (κ2) is 11.9. The van der Waals surface area contributed by atoms with Gasteiger partial charge in [-0.05, 0) is 63.5 Å². The molecule has 8 heteroatoms. The molecular weight excluding hydrogens is 512 g/mol. The molecule has 2 bridgehead atoms. The van der Waals surface area contributed by atoms with Gasteiger partial charge in [-0.3, -0.25) is 14.4 Å². The van der Waals surface area contributed by atoms with Crippen LogP contribution in [0.3, 0.4) is 0 Å². The number of benzene rings is 1. The van der Waals surface area contributed by atoms with Crippen LogP contribution in [0, 0.1) is 31.6 Å². The molecule has 39 heavy (non-hydrogen) atoms. The van der Waals surface area contributed by atoms with Gasteiger partial charge < -0.3 is 19.6 Å². The molecule has 0 radical (unpaired) electrons. The Hall–Kier alpha value is -2.58. The maximum atomic E-state index is 14.7. The Morgan fingerprint density at radius 3 is 2.56 bits per heavy atom. The summed E-state index contributed by atoms with van der Waals surface area (Å²) in [5.74, 6) is -2.00. The molecule has 212 valence electrons. The monoisotopic (exact) mass is 554 g/mol. The van der Waals surface area contributed by atoms with E-state index in [0.717, 1.165) is 42.5 Å². The maximum absolute atomic E-state index is 14.7. The molecular formula is C31H42N2O5S. The van der Waals surface area contributed by atoms with Gasteiger partial charge in [0.1, 0.15) is 6.04 Å². The van der Waals surface area contributed by atoms with E-state index >= 15 is 0 Å². The summed E-state index contributed by atoms with van der Waals surface area (Å²) in [5.41, 5.74) is 2.73. The first kappa shape index (κ1) is 29.4. The lowest BCUT2D eigenvalue weighted by Gasteiger charge is -2.42. The van der Waals surface area contributed by atoms with Gasteiger partial charge >= 0.3 is 5.97 Å². The Labute approximate surface area is 236 Å². The number of aliphatic hydroxyl groups excluding tert-OH is 1. The van der Waals surface area contributed by atoms with Crippen LogP contribution in [-0.4, -0.2) is 69.6 Å². The molecule has 7 nitrogen and oxygen atoms in total. The number of unbranched alkanes of at least 4 members (excludes halogenated alkanes) is 2. The Balaban J connectivity index is 1.74. The molecule has 3 fully saturated rings. The number of hydrogen-bond acceptors (Lipinski definition) is 6. The number of aryl methyl sites for hydroxylation is 2. The van der Waals surface area contributed by atoms with Crippen molar-refractivity contribution in [1.29, 1.82) is 0 Å². The van der Waals surface area contributed by atoms with Crippen molar-refractivity contribution in [2.75, 3.05) is 24.7 Å². The molecule has 1 spiro atoms. The van der Waals surface area contributed by atoms with Gasteiger partial charge in [-0.15, -0.1) is 24.9 Å². The highest BCUT2D eigenvalue weighted by atomic mass is 32.2. The summed E-state index contributed by atoms with van der Waals surface area (Å²) >= 11 is 1.62. The number of hydrogen-bond donors (Lipinski definition) is 1. The van der Waals surface area contributed by atoms with E-state index in [1.54, 1.807) is 34.6 Å². The normalized spacial score (nSPS) is 29.7. The quantitative estimate of drug-likeness (QED) is 0.234. The maximum Gasteiger partial charge on any atom is 0.310 e. The minimum absolute atomic E-state index is 0.0338. The third-order valence-electron chi connectivity index (χ3n) is 8.76. The first-order valence-electron chi connectivity index (χ1n) is 14.0. The van der Waals surface area contributed by atoms with E-state index in [1.165, 1.54) is 0 Å². The fourth-order valence-corrected chi connectivity index (χ4v) is 9.42. The van der Waals surface area contributed by atoms with E-state index in [-0.39, 0.29) is 42.1 Å². The number of thioether (sulfide) groups is 1.